The van der Waals surface area contributed by atoms with E-state index >= 15 is 0 Å². The normalized spacial score (nSPS) is 11.1. The number of carbonyl (C=O) groups is 1. The largest absolute Gasteiger partial charge is 0.310 e. The van der Waals surface area contributed by atoms with Crippen LogP contribution in [0, 0.1) is 18.6 Å². The first kappa shape index (κ1) is 19.0. The number of rotatable bonds is 7. The maximum Gasteiger partial charge on any atom is 0.225 e. The lowest BCUT2D eigenvalue weighted by molar-refractivity contribution is -0.116. The Morgan fingerprint density at radius 1 is 1.19 bits per heavy atom. The van der Waals surface area contributed by atoms with E-state index in [4.69, 9.17) is 0 Å². The summed E-state index contributed by atoms with van der Waals surface area (Å²) in [5.74, 6) is -1.73. The smallest absolute Gasteiger partial charge is 0.225 e. The van der Waals surface area contributed by atoms with Crippen molar-refractivity contribution in [2.75, 3.05) is 5.32 Å². The van der Waals surface area contributed by atoms with E-state index in [0.717, 1.165) is 37.3 Å². The molecule has 0 bridgehead atoms. The second-order valence-corrected chi connectivity index (χ2v) is 6.70. The van der Waals surface area contributed by atoms with Crippen molar-refractivity contribution in [1.29, 1.82) is 0 Å². The van der Waals surface area contributed by atoms with Crippen molar-refractivity contribution in [2.45, 2.75) is 46.0 Å². The molecule has 0 aliphatic heterocycles. The lowest BCUT2D eigenvalue weighted by Crippen LogP contribution is -2.13. The molecule has 0 unspecified atom stereocenters. The number of unbranched alkanes of at least 4 members (excludes halogenated alkanes) is 3. The zero-order valence-corrected chi connectivity index (χ0v) is 15.6. The van der Waals surface area contributed by atoms with Crippen LogP contribution in [0.2, 0.25) is 0 Å². The second kappa shape index (κ2) is 8.29. The molecule has 1 amide bonds. The van der Waals surface area contributed by atoms with Crippen molar-refractivity contribution in [3.63, 3.8) is 0 Å². The molecule has 0 aliphatic rings. The van der Waals surface area contributed by atoms with Crippen LogP contribution < -0.4 is 5.32 Å². The van der Waals surface area contributed by atoms with Crippen molar-refractivity contribution < 1.29 is 13.6 Å². The first-order valence-electron chi connectivity index (χ1n) is 9.24. The van der Waals surface area contributed by atoms with Crippen LogP contribution >= 0.6 is 0 Å². The summed E-state index contributed by atoms with van der Waals surface area (Å²) in [6, 6.07) is 7.66. The number of aryl methyl sites for hydroxylation is 1. The number of nitrogens with one attached hydrogen (secondary N) is 1. The van der Waals surface area contributed by atoms with Gasteiger partial charge in [-0.1, -0.05) is 32.3 Å². The number of fused-ring (bicyclic) bond motifs is 1. The van der Waals surface area contributed by atoms with E-state index in [9.17, 15) is 13.6 Å². The molecule has 0 atom stereocenters. The van der Waals surface area contributed by atoms with Gasteiger partial charge in [0.15, 0.2) is 11.6 Å². The predicted octanol–water partition coefficient (Wildman–Crippen LogP) is 5.50. The Balaban J connectivity index is 1.99. The van der Waals surface area contributed by atoms with Crippen molar-refractivity contribution in [3.8, 4) is 11.3 Å². The number of carbonyl (C=O) groups excluding carboxylic acids is 1. The van der Waals surface area contributed by atoms with Gasteiger partial charge in [0, 0.05) is 18.2 Å². The van der Waals surface area contributed by atoms with E-state index in [2.05, 4.69) is 17.2 Å². The number of halogens is 2. The van der Waals surface area contributed by atoms with Crippen LogP contribution in [-0.2, 0) is 4.79 Å². The molecule has 1 N–H and O–H groups in total. The molecule has 0 saturated heterocycles. The van der Waals surface area contributed by atoms with Crippen molar-refractivity contribution in [1.82, 2.24) is 9.38 Å². The standard InChI is InChI=1S/C21H23F2N3O/c1-3-4-5-6-10-18(27)25-21-20(15-8-7-9-16(22)19(15)23)24-17-13-14(2)11-12-26(17)21/h7-9,11-13H,3-6,10H2,1-2H3,(H,25,27). The van der Waals surface area contributed by atoms with Gasteiger partial charge in [-0.25, -0.2) is 13.8 Å². The Bertz CT molecular complexity index is 965. The van der Waals surface area contributed by atoms with Crippen molar-refractivity contribution >= 4 is 17.4 Å². The highest BCUT2D eigenvalue weighted by molar-refractivity contribution is 5.94. The zero-order chi connectivity index (χ0) is 19.4. The van der Waals surface area contributed by atoms with Crippen LogP contribution in [0.5, 0.6) is 0 Å². The van der Waals surface area contributed by atoms with E-state index in [-0.39, 0.29) is 17.2 Å². The van der Waals surface area contributed by atoms with Crippen molar-refractivity contribution in [2.24, 2.45) is 0 Å². The van der Waals surface area contributed by atoms with Crippen molar-refractivity contribution in [3.05, 3.63) is 53.7 Å². The van der Waals surface area contributed by atoms with Crippen LogP contribution in [0.15, 0.2) is 36.5 Å². The van der Waals surface area contributed by atoms with E-state index < -0.39 is 11.6 Å². The zero-order valence-electron chi connectivity index (χ0n) is 15.6. The number of imidazole rings is 1. The van der Waals surface area contributed by atoms with Gasteiger partial charge in [0.1, 0.15) is 17.2 Å². The Kier molecular flexibility index (Phi) is 5.84. The fourth-order valence-corrected chi connectivity index (χ4v) is 3.05. The average Bonchev–Trinajstić information content (AvgIpc) is 2.98. The minimum Gasteiger partial charge on any atom is -0.310 e. The topological polar surface area (TPSA) is 46.4 Å². The van der Waals surface area contributed by atoms with E-state index in [1.807, 2.05) is 19.1 Å². The van der Waals surface area contributed by atoms with Gasteiger partial charge >= 0.3 is 0 Å². The van der Waals surface area contributed by atoms with Gasteiger partial charge in [-0.3, -0.25) is 9.20 Å². The molecular formula is C21H23F2N3O. The molecule has 0 spiro atoms. The summed E-state index contributed by atoms with van der Waals surface area (Å²) in [7, 11) is 0. The SMILES string of the molecule is CCCCCCC(=O)Nc1c(-c2cccc(F)c2F)nc2cc(C)ccn12. The predicted molar refractivity (Wildman–Crippen MR) is 103 cm³/mol. The summed E-state index contributed by atoms with van der Waals surface area (Å²) in [5.41, 5.74) is 1.79. The molecule has 4 nitrogen and oxygen atoms in total. The van der Waals surface area contributed by atoms with Gasteiger partial charge in [-0.05, 0) is 43.2 Å². The summed E-state index contributed by atoms with van der Waals surface area (Å²) in [4.78, 5) is 16.8. The Morgan fingerprint density at radius 2 is 2.00 bits per heavy atom. The number of anilines is 1. The second-order valence-electron chi connectivity index (χ2n) is 6.70. The summed E-state index contributed by atoms with van der Waals surface area (Å²) in [6.07, 6.45) is 6.11. The third kappa shape index (κ3) is 4.15. The highest BCUT2D eigenvalue weighted by atomic mass is 19.2. The van der Waals surface area contributed by atoms with Gasteiger partial charge in [0.05, 0.1) is 0 Å². The first-order valence-corrected chi connectivity index (χ1v) is 9.24. The quantitative estimate of drug-likeness (QED) is 0.558. The summed E-state index contributed by atoms with van der Waals surface area (Å²) in [6.45, 7) is 4.03. The number of nitrogens with zero attached hydrogens (tertiary/aromatic N) is 2. The first-order chi connectivity index (χ1) is 13.0. The maximum absolute atomic E-state index is 14.4. The monoisotopic (exact) mass is 371 g/mol. The number of hydrogen-bond acceptors (Lipinski definition) is 2. The Hall–Kier alpha value is -2.76. The van der Waals surface area contributed by atoms with E-state index in [1.165, 1.54) is 12.1 Å². The molecule has 3 aromatic rings. The molecule has 3 rings (SSSR count). The Morgan fingerprint density at radius 3 is 2.78 bits per heavy atom. The minimum atomic E-state index is -0.976. The summed E-state index contributed by atoms with van der Waals surface area (Å²) >= 11 is 0. The molecule has 142 valence electrons. The molecule has 0 radical (unpaired) electrons. The number of amides is 1. The van der Waals surface area contributed by atoms with Crippen LogP contribution in [-0.4, -0.2) is 15.3 Å². The highest BCUT2D eigenvalue weighted by Gasteiger charge is 2.20. The molecule has 2 heterocycles. The molecule has 0 saturated carbocycles. The van der Waals surface area contributed by atoms with Crippen LogP contribution in [0.4, 0.5) is 14.6 Å². The molecule has 0 aliphatic carbocycles. The van der Waals surface area contributed by atoms with Crippen LogP contribution in [0.3, 0.4) is 0 Å². The van der Waals surface area contributed by atoms with Gasteiger partial charge in [0.25, 0.3) is 0 Å². The molecule has 0 fully saturated rings. The fourth-order valence-electron chi connectivity index (χ4n) is 3.05. The van der Waals surface area contributed by atoms with Gasteiger partial charge in [0.2, 0.25) is 5.91 Å². The summed E-state index contributed by atoms with van der Waals surface area (Å²) < 4.78 is 29.8. The number of benzene rings is 1. The Labute approximate surface area is 157 Å². The number of pyridine rings is 1. The molecule has 1 aromatic carbocycles. The third-order valence-electron chi connectivity index (χ3n) is 4.50. The van der Waals surface area contributed by atoms with Crippen LogP contribution in [0.25, 0.3) is 16.9 Å². The molecule has 27 heavy (non-hydrogen) atoms. The van der Waals surface area contributed by atoms with E-state index in [1.54, 1.807) is 10.6 Å². The highest BCUT2D eigenvalue weighted by Crippen LogP contribution is 2.32. The molecule has 2 aromatic heterocycles. The lowest BCUT2D eigenvalue weighted by atomic mass is 10.1. The lowest BCUT2D eigenvalue weighted by Gasteiger charge is -2.09. The van der Waals surface area contributed by atoms with Gasteiger partial charge < -0.3 is 5.32 Å². The van der Waals surface area contributed by atoms with Crippen LogP contribution in [0.1, 0.15) is 44.6 Å². The van der Waals surface area contributed by atoms with Gasteiger partial charge in [-0.2, -0.15) is 0 Å². The third-order valence-corrected chi connectivity index (χ3v) is 4.50. The average molecular weight is 371 g/mol. The minimum absolute atomic E-state index is 0.0256. The number of hydrogen-bond donors (Lipinski definition) is 1. The van der Waals surface area contributed by atoms with Gasteiger partial charge in [-0.15, -0.1) is 0 Å². The van der Waals surface area contributed by atoms with E-state index in [0.29, 0.717) is 17.9 Å². The summed E-state index contributed by atoms with van der Waals surface area (Å²) in [5, 5.41) is 2.85. The fraction of sp³-hybridized carbons (Fsp3) is 0.333. The number of aromatic nitrogens is 2. The molecule has 6 heteroatoms. The maximum atomic E-state index is 14.4. The molecular weight excluding hydrogens is 348 g/mol.